The number of anilines is 2. The van der Waals surface area contributed by atoms with Crippen molar-refractivity contribution in [2.45, 2.75) is 44.5 Å². The molecule has 3 aliphatic rings. The number of H-pyrrole nitrogens is 1. The Balaban J connectivity index is 1.23. The predicted molar refractivity (Wildman–Crippen MR) is 141 cm³/mol. The molecule has 2 aromatic heterocycles. The summed E-state index contributed by atoms with van der Waals surface area (Å²) in [5.41, 5.74) is 4.54. The molecule has 11 heteroatoms. The summed E-state index contributed by atoms with van der Waals surface area (Å²) in [5, 5.41) is 17.7. The molecule has 1 amide bonds. The zero-order chi connectivity index (χ0) is 25.7. The molecule has 3 aliphatic heterocycles. The second-order valence-electron chi connectivity index (χ2n) is 10.5. The van der Waals surface area contributed by atoms with E-state index in [0.29, 0.717) is 25.1 Å². The summed E-state index contributed by atoms with van der Waals surface area (Å²) in [6.07, 6.45) is 2.13. The fourth-order valence-corrected chi connectivity index (χ4v) is 6.21. The van der Waals surface area contributed by atoms with E-state index in [1.54, 1.807) is 11.1 Å². The second kappa shape index (κ2) is 9.46. The Morgan fingerprint density at radius 3 is 2.57 bits per heavy atom. The summed E-state index contributed by atoms with van der Waals surface area (Å²) in [6.45, 7) is 8.92. The number of methoxy groups -OCH3 is 1. The number of rotatable bonds is 3. The van der Waals surface area contributed by atoms with E-state index in [0.717, 1.165) is 54.9 Å². The fourth-order valence-electron chi connectivity index (χ4n) is 6.21. The average Bonchev–Trinajstić information content (AvgIpc) is 3.49. The van der Waals surface area contributed by atoms with Crippen LogP contribution in [0.1, 0.15) is 20.3 Å². The third-order valence-electron chi connectivity index (χ3n) is 7.97. The van der Waals surface area contributed by atoms with Gasteiger partial charge in [0, 0.05) is 68.6 Å². The van der Waals surface area contributed by atoms with E-state index in [1.165, 1.54) is 12.8 Å². The Kier molecular flexibility index (Phi) is 6.12. The minimum atomic E-state index is -0.307. The van der Waals surface area contributed by atoms with Gasteiger partial charge in [-0.15, -0.1) is 0 Å². The SMILES string of the molecule is COC(=O)N1C[C@@H](C)N(c2ncc3[nH]nc(-c4ccc(N5CCN6C[C@@H](O)C[C@@H]6C5)cc4)c3n2)[C@@H](C)C1. The second-order valence-corrected chi connectivity index (χ2v) is 10.5. The number of carbonyl (C=O) groups is 1. The highest BCUT2D eigenvalue weighted by Gasteiger charge is 2.36. The number of aromatic nitrogens is 4. The molecule has 3 saturated heterocycles. The van der Waals surface area contributed by atoms with E-state index in [9.17, 15) is 9.90 Å². The third-order valence-corrected chi connectivity index (χ3v) is 7.97. The summed E-state index contributed by atoms with van der Waals surface area (Å²) in [4.78, 5) is 30.3. The summed E-state index contributed by atoms with van der Waals surface area (Å²) >= 11 is 0. The van der Waals surface area contributed by atoms with E-state index in [2.05, 4.69) is 68.0 Å². The third kappa shape index (κ3) is 4.36. The Morgan fingerprint density at radius 1 is 1.08 bits per heavy atom. The minimum absolute atomic E-state index is 0.0383. The van der Waals surface area contributed by atoms with Crippen molar-refractivity contribution in [3.8, 4) is 11.3 Å². The van der Waals surface area contributed by atoms with Crippen molar-refractivity contribution in [2.24, 2.45) is 0 Å². The highest BCUT2D eigenvalue weighted by Crippen LogP contribution is 2.31. The number of carbonyl (C=O) groups excluding carboxylic acids is 1. The molecule has 37 heavy (non-hydrogen) atoms. The zero-order valence-electron chi connectivity index (χ0n) is 21.5. The number of hydrogen-bond acceptors (Lipinski definition) is 9. The highest BCUT2D eigenvalue weighted by molar-refractivity contribution is 5.90. The van der Waals surface area contributed by atoms with Crippen molar-refractivity contribution in [3.63, 3.8) is 0 Å². The number of aliphatic hydroxyl groups is 1. The number of fused-ring (bicyclic) bond motifs is 2. The van der Waals surface area contributed by atoms with E-state index in [1.807, 2.05) is 0 Å². The van der Waals surface area contributed by atoms with Crippen LogP contribution in [-0.4, -0.2) is 112 Å². The lowest BCUT2D eigenvalue weighted by Crippen LogP contribution is -2.58. The van der Waals surface area contributed by atoms with Gasteiger partial charge in [-0.1, -0.05) is 12.1 Å². The Morgan fingerprint density at radius 2 is 1.84 bits per heavy atom. The number of aliphatic hydroxyl groups excluding tert-OH is 1. The quantitative estimate of drug-likeness (QED) is 0.550. The van der Waals surface area contributed by atoms with Gasteiger partial charge in [0.25, 0.3) is 0 Å². The normalized spacial score (nSPS) is 26.5. The smallest absolute Gasteiger partial charge is 0.409 e. The molecule has 0 unspecified atom stereocenters. The van der Waals surface area contributed by atoms with Crippen LogP contribution in [0.15, 0.2) is 30.5 Å². The number of nitrogens with zero attached hydrogens (tertiary/aromatic N) is 7. The van der Waals surface area contributed by atoms with Gasteiger partial charge in [-0.05, 0) is 32.4 Å². The Bertz CT molecular complexity index is 1270. The van der Waals surface area contributed by atoms with E-state index in [4.69, 9.17) is 9.72 Å². The number of aromatic amines is 1. The maximum Gasteiger partial charge on any atom is 0.409 e. The first kappa shape index (κ1) is 23.9. The molecule has 11 nitrogen and oxygen atoms in total. The van der Waals surface area contributed by atoms with E-state index >= 15 is 0 Å². The lowest BCUT2D eigenvalue weighted by atomic mass is 10.1. The first-order valence-electron chi connectivity index (χ1n) is 13.0. The zero-order valence-corrected chi connectivity index (χ0v) is 21.5. The summed E-state index contributed by atoms with van der Waals surface area (Å²) in [7, 11) is 1.41. The molecular formula is C26H34N8O3. The largest absolute Gasteiger partial charge is 0.453 e. The lowest BCUT2D eigenvalue weighted by Gasteiger charge is -2.43. The van der Waals surface area contributed by atoms with Crippen molar-refractivity contribution in [3.05, 3.63) is 30.5 Å². The van der Waals surface area contributed by atoms with Crippen LogP contribution in [0.3, 0.4) is 0 Å². The molecular weight excluding hydrogens is 472 g/mol. The lowest BCUT2D eigenvalue weighted by molar-refractivity contribution is 0.109. The molecule has 2 N–H and O–H groups in total. The molecule has 0 bridgehead atoms. The Labute approximate surface area is 216 Å². The van der Waals surface area contributed by atoms with Crippen LogP contribution in [0.4, 0.5) is 16.4 Å². The molecule has 0 saturated carbocycles. The van der Waals surface area contributed by atoms with Gasteiger partial charge in [0.15, 0.2) is 0 Å². The maximum absolute atomic E-state index is 12.1. The summed E-state index contributed by atoms with van der Waals surface area (Å²) in [5.74, 6) is 0.632. The topological polar surface area (TPSA) is 114 Å². The van der Waals surface area contributed by atoms with Gasteiger partial charge in [-0.2, -0.15) is 5.10 Å². The first-order chi connectivity index (χ1) is 17.9. The minimum Gasteiger partial charge on any atom is -0.453 e. The molecule has 3 fully saturated rings. The van der Waals surface area contributed by atoms with Crippen LogP contribution in [0.25, 0.3) is 22.3 Å². The monoisotopic (exact) mass is 506 g/mol. The van der Waals surface area contributed by atoms with Crippen LogP contribution >= 0.6 is 0 Å². The molecule has 1 aromatic carbocycles. The van der Waals surface area contributed by atoms with Gasteiger partial charge in [-0.25, -0.2) is 14.8 Å². The van der Waals surface area contributed by atoms with Crippen LogP contribution in [0.5, 0.6) is 0 Å². The number of piperazine rings is 2. The van der Waals surface area contributed by atoms with Crippen molar-refractivity contribution < 1.29 is 14.6 Å². The number of ether oxygens (including phenoxy) is 1. The van der Waals surface area contributed by atoms with Gasteiger partial charge in [-0.3, -0.25) is 10.00 Å². The molecule has 0 radical (unpaired) electrons. The summed E-state index contributed by atoms with van der Waals surface area (Å²) < 4.78 is 4.92. The Hall–Kier alpha value is -3.44. The van der Waals surface area contributed by atoms with Crippen LogP contribution in [0.2, 0.25) is 0 Å². The van der Waals surface area contributed by atoms with E-state index in [-0.39, 0.29) is 24.3 Å². The molecule has 3 aromatic rings. The van der Waals surface area contributed by atoms with Crippen LogP contribution < -0.4 is 9.80 Å². The number of hydrogen-bond donors (Lipinski definition) is 2. The van der Waals surface area contributed by atoms with Crippen molar-refractivity contribution >= 4 is 28.8 Å². The van der Waals surface area contributed by atoms with Gasteiger partial charge < -0.3 is 24.5 Å². The molecule has 6 rings (SSSR count). The molecule has 5 heterocycles. The number of benzene rings is 1. The van der Waals surface area contributed by atoms with Crippen molar-refractivity contribution in [1.82, 2.24) is 30.0 Å². The fraction of sp³-hybridized carbons (Fsp3) is 0.538. The van der Waals surface area contributed by atoms with Gasteiger partial charge in [0.2, 0.25) is 5.95 Å². The van der Waals surface area contributed by atoms with Gasteiger partial charge in [0.05, 0.1) is 19.4 Å². The van der Waals surface area contributed by atoms with Crippen LogP contribution in [0, 0.1) is 0 Å². The molecule has 196 valence electrons. The average molecular weight is 507 g/mol. The van der Waals surface area contributed by atoms with Crippen molar-refractivity contribution in [2.75, 3.05) is 56.2 Å². The van der Waals surface area contributed by atoms with Crippen LogP contribution in [-0.2, 0) is 4.74 Å². The predicted octanol–water partition coefficient (Wildman–Crippen LogP) is 1.94. The maximum atomic E-state index is 12.1. The molecule has 4 atom stereocenters. The number of nitrogens with one attached hydrogen (secondary N) is 1. The highest BCUT2D eigenvalue weighted by atomic mass is 16.5. The molecule has 0 aliphatic carbocycles. The van der Waals surface area contributed by atoms with E-state index < -0.39 is 0 Å². The van der Waals surface area contributed by atoms with Gasteiger partial charge >= 0.3 is 6.09 Å². The molecule has 0 spiro atoms. The number of amides is 1. The summed E-state index contributed by atoms with van der Waals surface area (Å²) in [6, 6.07) is 9.00. The first-order valence-corrected chi connectivity index (χ1v) is 13.0. The van der Waals surface area contributed by atoms with Crippen molar-refractivity contribution in [1.29, 1.82) is 0 Å². The standard InChI is InChI=1S/C26H34N8O3/c1-16-12-33(26(36)37-3)13-17(2)34(16)25-27-11-22-24(28-25)23(30-29-22)18-4-6-19(7-5-18)31-8-9-32-15-21(35)10-20(32)14-31/h4-7,11,16-17,20-21,35H,8-10,12-15H2,1-3H3,(H,29,30)/t16-,17+,20-,21+/m1/s1. The van der Waals surface area contributed by atoms with Gasteiger partial charge in [0.1, 0.15) is 16.7 Å².